The molecule has 0 bridgehead atoms. The van der Waals surface area contributed by atoms with Crippen molar-refractivity contribution in [2.45, 2.75) is 97.3 Å². The van der Waals surface area contributed by atoms with Crippen LogP contribution in [0.5, 0.6) is 0 Å². The summed E-state index contributed by atoms with van der Waals surface area (Å²) in [6.45, 7) is 9.19. The zero-order valence-electron chi connectivity index (χ0n) is 14.5. The number of carbonyl (C=O) groups excluding carboxylic acids is 1. The Morgan fingerprint density at radius 3 is 1.81 bits per heavy atom. The lowest BCUT2D eigenvalue weighted by atomic mass is 10.1. The zero-order valence-corrected chi connectivity index (χ0v) is 14.5. The van der Waals surface area contributed by atoms with Gasteiger partial charge in [0, 0.05) is 12.1 Å². The molecular formula is C19H37NO. The normalized spacial score (nSPS) is 10.6. The molecule has 0 saturated heterocycles. The van der Waals surface area contributed by atoms with Crippen LogP contribution in [0, 0.1) is 0 Å². The van der Waals surface area contributed by atoms with Gasteiger partial charge in [-0.3, -0.25) is 4.79 Å². The van der Waals surface area contributed by atoms with Crippen LogP contribution in [0.3, 0.4) is 0 Å². The third-order valence-electron chi connectivity index (χ3n) is 3.97. The van der Waals surface area contributed by atoms with Gasteiger partial charge in [0.25, 0.3) is 0 Å². The molecule has 1 amide bonds. The first-order valence-corrected chi connectivity index (χ1v) is 9.18. The van der Waals surface area contributed by atoms with Gasteiger partial charge in [-0.15, -0.1) is 0 Å². The third kappa shape index (κ3) is 13.9. The predicted octanol–water partition coefficient (Wildman–Crippen LogP) is 5.77. The highest BCUT2D eigenvalue weighted by molar-refractivity contribution is 5.92. The molecule has 0 aromatic carbocycles. The first-order valence-electron chi connectivity index (χ1n) is 9.18. The molecule has 2 nitrogen and oxygen atoms in total. The molecule has 124 valence electrons. The Morgan fingerprint density at radius 2 is 1.24 bits per heavy atom. The minimum Gasteiger partial charge on any atom is -0.352 e. The highest BCUT2D eigenvalue weighted by Crippen LogP contribution is 2.11. The van der Waals surface area contributed by atoms with Crippen molar-refractivity contribution in [1.29, 1.82) is 0 Å². The minimum atomic E-state index is 0.0668. The first kappa shape index (κ1) is 20.2. The number of nitrogens with one attached hydrogen (secondary N) is 1. The van der Waals surface area contributed by atoms with E-state index in [9.17, 15) is 4.79 Å². The summed E-state index contributed by atoms with van der Waals surface area (Å²) in [5, 5.41) is 3.00. The lowest BCUT2D eigenvalue weighted by Gasteiger charge is -2.08. The summed E-state index contributed by atoms with van der Waals surface area (Å²) in [5.41, 5.74) is 0.761. The molecule has 0 aliphatic heterocycles. The molecular weight excluding hydrogens is 258 g/mol. The lowest BCUT2D eigenvalue weighted by molar-refractivity contribution is -0.117. The van der Waals surface area contributed by atoms with E-state index in [0.717, 1.165) is 31.4 Å². The molecule has 0 aromatic rings. The second kappa shape index (κ2) is 15.6. The first-order chi connectivity index (χ1) is 10.2. The molecule has 0 aliphatic rings. The van der Waals surface area contributed by atoms with E-state index in [1.54, 1.807) is 0 Å². The van der Waals surface area contributed by atoms with Crippen LogP contribution in [0.2, 0.25) is 0 Å². The second-order valence-electron chi connectivity index (χ2n) is 6.14. The average molecular weight is 296 g/mol. The van der Waals surface area contributed by atoms with Crippen LogP contribution < -0.4 is 5.32 Å². The topological polar surface area (TPSA) is 29.1 Å². The fourth-order valence-electron chi connectivity index (χ4n) is 2.46. The van der Waals surface area contributed by atoms with Crippen LogP contribution in [0.4, 0.5) is 0 Å². The zero-order chi connectivity index (χ0) is 15.8. The highest BCUT2D eigenvalue weighted by Gasteiger charge is 2.05. The SMILES string of the molecule is C=C(CCCCCCCC)C(=O)NCCCCCCCC. The van der Waals surface area contributed by atoms with E-state index in [1.807, 2.05) is 0 Å². The molecule has 2 heteroatoms. The van der Waals surface area contributed by atoms with Crippen molar-refractivity contribution >= 4 is 5.91 Å². The van der Waals surface area contributed by atoms with Crippen molar-refractivity contribution in [3.63, 3.8) is 0 Å². The smallest absolute Gasteiger partial charge is 0.246 e. The standard InChI is InChI=1S/C19H37NO/c1-4-6-8-10-12-14-16-18(3)19(21)20-17-15-13-11-9-7-5-2/h3-17H2,1-2H3,(H,20,21). The quantitative estimate of drug-likeness (QED) is 0.301. The van der Waals surface area contributed by atoms with Crippen molar-refractivity contribution < 1.29 is 4.79 Å². The third-order valence-corrected chi connectivity index (χ3v) is 3.97. The molecule has 0 saturated carbocycles. The summed E-state index contributed by atoms with van der Waals surface area (Å²) >= 11 is 0. The van der Waals surface area contributed by atoms with Crippen molar-refractivity contribution in [3.05, 3.63) is 12.2 Å². The number of hydrogen-bond acceptors (Lipinski definition) is 1. The molecule has 0 atom stereocenters. The number of amides is 1. The predicted molar refractivity (Wildman–Crippen MR) is 93.5 cm³/mol. The molecule has 21 heavy (non-hydrogen) atoms. The van der Waals surface area contributed by atoms with E-state index < -0.39 is 0 Å². The van der Waals surface area contributed by atoms with E-state index in [0.29, 0.717) is 0 Å². The Hall–Kier alpha value is -0.790. The minimum absolute atomic E-state index is 0.0668. The van der Waals surface area contributed by atoms with E-state index >= 15 is 0 Å². The molecule has 0 unspecified atom stereocenters. The van der Waals surface area contributed by atoms with Gasteiger partial charge in [-0.05, 0) is 19.3 Å². The van der Waals surface area contributed by atoms with Crippen molar-refractivity contribution in [2.75, 3.05) is 6.54 Å². The van der Waals surface area contributed by atoms with Crippen LogP contribution >= 0.6 is 0 Å². The lowest BCUT2D eigenvalue weighted by Crippen LogP contribution is -2.25. The van der Waals surface area contributed by atoms with Gasteiger partial charge >= 0.3 is 0 Å². The van der Waals surface area contributed by atoms with Gasteiger partial charge in [-0.25, -0.2) is 0 Å². The van der Waals surface area contributed by atoms with Gasteiger partial charge in [0.2, 0.25) is 5.91 Å². The van der Waals surface area contributed by atoms with Gasteiger partial charge in [0.05, 0.1) is 0 Å². The largest absolute Gasteiger partial charge is 0.352 e. The van der Waals surface area contributed by atoms with Crippen LogP contribution in [-0.2, 0) is 4.79 Å². The van der Waals surface area contributed by atoms with E-state index in [1.165, 1.54) is 64.2 Å². The molecule has 0 spiro atoms. The molecule has 0 heterocycles. The van der Waals surface area contributed by atoms with Gasteiger partial charge in [-0.1, -0.05) is 84.6 Å². The maximum absolute atomic E-state index is 11.8. The summed E-state index contributed by atoms with van der Waals surface area (Å²) in [5.74, 6) is 0.0668. The monoisotopic (exact) mass is 295 g/mol. The Balaban J connectivity index is 3.39. The molecule has 0 aliphatic carbocycles. The maximum Gasteiger partial charge on any atom is 0.246 e. The second-order valence-corrected chi connectivity index (χ2v) is 6.14. The molecule has 1 N–H and O–H groups in total. The number of rotatable bonds is 15. The summed E-state index contributed by atoms with van der Waals surface area (Å²) in [4.78, 5) is 11.8. The Labute approximate surface area is 132 Å². The van der Waals surface area contributed by atoms with E-state index in [2.05, 4.69) is 25.7 Å². The number of unbranched alkanes of at least 4 members (excludes halogenated alkanes) is 10. The van der Waals surface area contributed by atoms with Crippen LogP contribution in [0.1, 0.15) is 97.3 Å². The van der Waals surface area contributed by atoms with Crippen LogP contribution in [0.25, 0.3) is 0 Å². The summed E-state index contributed by atoms with van der Waals surface area (Å²) in [6.07, 6.45) is 16.0. The number of hydrogen-bond donors (Lipinski definition) is 1. The van der Waals surface area contributed by atoms with Crippen molar-refractivity contribution in [1.82, 2.24) is 5.32 Å². The van der Waals surface area contributed by atoms with E-state index in [4.69, 9.17) is 0 Å². The summed E-state index contributed by atoms with van der Waals surface area (Å²) in [7, 11) is 0. The molecule has 0 fully saturated rings. The molecule has 0 aromatic heterocycles. The van der Waals surface area contributed by atoms with Gasteiger partial charge in [0.15, 0.2) is 0 Å². The molecule has 0 radical (unpaired) electrons. The van der Waals surface area contributed by atoms with Crippen molar-refractivity contribution in [2.24, 2.45) is 0 Å². The highest BCUT2D eigenvalue weighted by atomic mass is 16.1. The van der Waals surface area contributed by atoms with Crippen LogP contribution in [-0.4, -0.2) is 12.5 Å². The molecule has 0 rings (SSSR count). The van der Waals surface area contributed by atoms with Gasteiger partial charge in [0.1, 0.15) is 0 Å². The van der Waals surface area contributed by atoms with Gasteiger partial charge < -0.3 is 5.32 Å². The Kier molecular flexibility index (Phi) is 15.0. The van der Waals surface area contributed by atoms with Crippen molar-refractivity contribution in [3.8, 4) is 0 Å². The fraction of sp³-hybridized carbons (Fsp3) is 0.842. The summed E-state index contributed by atoms with van der Waals surface area (Å²) in [6, 6.07) is 0. The Morgan fingerprint density at radius 1 is 0.762 bits per heavy atom. The Bertz CT molecular complexity index is 260. The summed E-state index contributed by atoms with van der Waals surface area (Å²) < 4.78 is 0. The maximum atomic E-state index is 11.8. The average Bonchev–Trinajstić information content (AvgIpc) is 2.49. The van der Waals surface area contributed by atoms with E-state index in [-0.39, 0.29) is 5.91 Å². The fourth-order valence-corrected chi connectivity index (χ4v) is 2.46. The van der Waals surface area contributed by atoms with Crippen LogP contribution in [0.15, 0.2) is 12.2 Å². The van der Waals surface area contributed by atoms with Gasteiger partial charge in [-0.2, -0.15) is 0 Å². The number of carbonyl (C=O) groups is 1.